The number of rotatable bonds is 0. The molecule has 1 heterocycles. The maximum atomic E-state index is 5.01. The van der Waals surface area contributed by atoms with Crippen molar-refractivity contribution in [2.45, 2.75) is 0 Å². The molecule has 1 rings (SSSR count). The van der Waals surface area contributed by atoms with Gasteiger partial charge in [-0.1, -0.05) is 0 Å². The van der Waals surface area contributed by atoms with Gasteiger partial charge >= 0.3 is 0 Å². The molecule has 0 amide bonds. The van der Waals surface area contributed by atoms with E-state index in [-0.39, 0.29) is 41.3 Å². The minimum absolute atomic E-state index is 0. The van der Waals surface area contributed by atoms with Crippen LogP contribution in [0.5, 0.6) is 0 Å². The second-order valence-corrected chi connectivity index (χ2v) is 1.36. The van der Waals surface area contributed by atoms with Gasteiger partial charge in [0.15, 0.2) is 0 Å². The normalized spacial score (nSPS) is 16.0. The van der Waals surface area contributed by atoms with E-state index >= 15 is 0 Å². The predicted octanol–water partition coefficient (Wildman–Crippen LogP) is 0.0214. The van der Waals surface area contributed by atoms with Gasteiger partial charge in [0.2, 0.25) is 0 Å². The minimum Gasteiger partial charge on any atom is -0.379 e. The third-order valence-corrected chi connectivity index (χ3v) is 0.846. The molecule has 0 aromatic carbocycles. The molecule has 0 bridgehead atoms. The molecule has 0 atom stereocenters. The van der Waals surface area contributed by atoms with Crippen molar-refractivity contribution >= 4 is 0 Å². The smallest absolute Gasteiger partial charge is 0.0591 e. The maximum Gasteiger partial charge on any atom is 0.0591 e. The van der Waals surface area contributed by atoms with Crippen molar-refractivity contribution in [3.63, 3.8) is 0 Å². The number of halogens is 1. The maximum absolute atomic E-state index is 5.01. The topological polar surface area (TPSA) is 21.3 Å². The predicted molar refractivity (Wildman–Crippen MR) is 24.8 cm³/mol. The van der Waals surface area contributed by atoms with Gasteiger partial charge in [0, 0.05) is 54.3 Å². The first-order valence-corrected chi connectivity index (χ1v) is 2.28. The molecule has 2 radical (unpaired) electrons. The molecule has 52 valence electrons. The average molecular weight is 226 g/mol. The van der Waals surface area contributed by atoms with Crippen LogP contribution in [0.15, 0.2) is 0 Å². The molecule has 1 N–H and O–H groups in total. The molecule has 1 aliphatic rings. The van der Waals surface area contributed by atoms with E-state index in [0.717, 1.165) is 26.3 Å². The summed E-state index contributed by atoms with van der Waals surface area (Å²) in [7, 11) is 0. The Kier molecular flexibility index (Phi) is 21.6. The van der Waals surface area contributed by atoms with Crippen LogP contribution in [0.3, 0.4) is 0 Å². The van der Waals surface area contributed by atoms with E-state index in [1.54, 1.807) is 0 Å². The summed E-state index contributed by atoms with van der Waals surface area (Å²) >= 11 is 0. The summed E-state index contributed by atoms with van der Waals surface area (Å²) in [6, 6.07) is 0. The van der Waals surface area contributed by atoms with Crippen LogP contribution in [0.4, 0.5) is 4.70 Å². The molecule has 1 aliphatic heterocycles. The fourth-order valence-corrected chi connectivity index (χ4v) is 0.516. The Morgan fingerprint density at radius 3 is 1.67 bits per heavy atom. The summed E-state index contributed by atoms with van der Waals surface area (Å²) in [5.41, 5.74) is 0. The van der Waals surface area contributed by atoms with Gasteiger partial charge in [-0.2, -0.15) is 0 Å². The Morgan fingerprint density at radius 1 is 1.11 bits per heavy atom. The van der Waals surface area contributed by atoms with E-state index in [2.05, 4.69) is 5.32 Å². The van der Waals surface area contributed by atoms with Gasteiger partial charge in [0.05, 0.1) is 13.2 Å². The number of hydrogen-bond acceptors (Lipinski definition) is 2. The molecule has 0 saturated carbocycles. The van der Waals surface area contributed by atoms with Crippen molar-refractivity contribution in [2.24, 2.45) is 0 Å². The summed E-state index contributed by atoms with van der Waals surface area (Å²) in [5.74, 6) is 0. The van der Waals surface area contributed by atoms with E-state index in [4.69, 9.17) is 4.74 Å². The fourth-order valence-electron chi connectivity index (χ4n) is 0.516. The Balaban J connectivity index is -0.000000120. The van der Waals surface area contributed by atoms with Gasteiger partial charge in [-0.15, -0.1) is 0 Å². The molecule has 2 nitrogen and oxygen atoms in total. The van der Waals surface area contributed by atoms with Crippen LogP contribution in [0, 0.1) is 0 Å². The van der Waals surface area contributed by atoms with E-state index in [0.29, 0.717) is 0 Å². The van der Waals surface area contributed by atoms with Gasteiger partial charge in [0.1, 0.15) is 0 Å². The van der Waals surface area contributed by atoms with E-state index in [1.165, 1.54) is 0 Å². The zero-order chi connectivity index (χ0) is 4.24. The molecular weight excluding hydrogens is 217 g/mol. The molecule has 0 spiro atoms. The van der Waals surface area contributed by atoms with Crippen LogP contribution in [0.25, 0.3) is 0 Å². The van der Waals surface area contributed by atoms with Gasteiger partial charge in [-0.3, -0.25) is 0 Å². The molecule has 0 unspecified atom stereocenters. The standard InChI is InChI=1S/C4H9NO.F.Mn.Zn/c1-3-6-4-2-5-1;;;/h5H,1-4H2;;;. The quantitative estimate of drug-likeness (QED) is 0.588. The third-order valence-electron chi connectivity index (χ3n) is 0.846. The number of ether oxygens (including phenoxy) is 1. The van der Waals surface area contributed by atoms with Crippen molar-refractivity contribution in [1.82, 2.24) is 5.32 Å². The van der Waals surface area contributed by atoms with Gasteiger partial charge in [-0.25, -0.2) is 0 Å². The van der Waals surface area contributed by atoms with E-state index in [9.17, 15) is 0 Å². The summed E-state index contributed by atoms with van der Waals surface area (Å²) in [5, 5.41) is 3.16. The second kappa shape index (κ2) is 11.7. The van der Waals surface area contributed by atoms with Crippen LogP contribution < -0.4 is 5.32 Å². The molecule has 1 fully saturated rings. The summed E-state index contributed by atoms with van der Waals surface area (Å²) < 4.78 is 5.01. The van der Waals surface area contributed by atoms with E-state index < -0.39 is 0 Å². The first kappa shape index (κ1) is 16.5. The Labute approximate surface area is 77.7 Å². The van der Waals surface area contributed by atoms with Crippen LogP contribution >= 0.6 is 0 Å². The Bertz CT molecular complexity index is 36.0. The van der Waals surface area contributed by atoms with Crippen LogP contribution in [0.1, 0.15) is 0 Å². The van der Waals surface area contributed by atoms with Gasteiger partial charge in [-0.05, 0) is 0 Å². The van der Waals surface area contributed by atoms with Gasteiger partial charge < -0.3 is 10.1 Å². The SMILES string of the molecule is C1COCCN1.[F].[Mn].[Zn]. The molecule has 9 heavy (non-hydrogen) atoms. The number of morpholine rings is 1. The molecule has 5 heteroatoms. The molecular formula is C4H9FMnNOZn. The number of nitrogens with one attached hydrogen (secondary N) is 1. The van der Waals surface area contributed by atoms with Crippen molar-refractivity contribution in [3.05, 3.63) is 0 Å². The Morgan fingerprint density at radius 2 is 1.56 bits per heavy atom. The zero-order valence-electron chi connectivity index (χ0n) is 5.20. The van der Waals surface area contributed by atoms with Crippen molar-refractivity contribution in [2.75, 3.05) is 26.3 Å². The van der Waals surface area contributed by atoms with Crippen LogP contribution in [0.2, 0.25) is 0 Å². The fraction of sp³-hybridized carbons (Fsp3) is 1.00. The van der Waals surface area contributed by atoms with Crippen LogP contribution in [-0.4, -0.2) is 26.3 Å². The first-order valence-electron chi connectivity index (χ1n) is 2.28. The average Bonchev–Trinajstić information content (AvgIpc) is 1.72. The molecule has 0 aromatic heterocycles. The molecule has 1 saturated heterocycles. The zero-order valence-corrected chi connectivity index (χ0v) is 9.35. The second-order valence-electron chi connectivity index (χ2n) is 1.36. The minimum atomic E-state index is 0. The monoisotopic (exact) mass is 225 g/mol. The third kappa shape index (κ3) is 8.99. The van der Waals surface area contributed by atoms with Crippen LogP contribution in [-0.2, 0) is 41.3 Å². The van der Waals surface area contributed by atoms with Gasteiger partial charge in [0.25, 0.3) is 0 Å². The van der Waals surface area contributed by atoms with E-state index in [1.807, 2.05) is 0 Å². The molecule has 0 aromatic rings. The first-order chi connectivity index (χ1) is 3.00. The molecule has 0 aliphatic carbocycles. The van der Waals surface area contributed by atoms with Crippen molar-refractivity contribution in [3.8, 4) is 0 Å². The largest absolute Gasteiger partial charge is 0.379 e. The summed E-state index contributed by atoms with van der Waals surface area (Å²) in [6.45, 7) is 3.83. The Hall–Kier alpha value is 0.993. The summed E-state index contributed by atoms with van der Waals surface area (Å²) in [6.07, 6.45) is 0. The van der Waals surface area contributed by atoms with Crippen molar-refractivity contribution < 1.29 is 46.0 Å². The van der Waals surface area contributed by atoms with Crippen molar-refractivity contribution in [1.29, 1.82) is 0 Å². The summed E-state index contributed by atoms with van der Waals surface area (Å²) in [4.78, 5) is 0. The number of hydrogen-bond donors (Lipinski definition) is 1.